The lowest BCUT2D eigenvalue weighted by molar-refractivity contribution is 0.0587. The van der Waals surface area contributed by atoms with Crippen molar-refractivity contribution >= 4 is 33.7 Å². The summed E-state index contributed by atoms with van der Waals surface area (Å²) in [5.74, 6) is -0.508. The minimum absolute atomic E-state index is 0.129. The van der Waals surface area contributed by atoms with Gasteiger partial charge in [-0.25, -0.2) is 9.18 Å². The number of carbonyl (C=O) groups is 1. The van der Waals surface area contributed by atoms with E-state index >= 15 is 0 Å². The van der Waals surface area contributed by atoms with E-state index in [1.54, 1.807) is 0 Å². The van der Waals surface area contributed by atoms with Crippen LogP contribution in [0.15, 0.2) is 16.6 Å². The summed E-state index contributed by atoms with van der Waals surface area (Å²) < 4.78 is 17.7. The van der Waals surface area contributed by atoms with Crippen LogP contribution in [0.1, 0.15) is 18.6 Å². The van der Waals surface area contributed by atoms with Gasteiger partial charge in [0.25, 0.3) is 0 Å². The molecule has 1 N–H and O–H groups in total. The molecule has 3 nitrogen and oxygen atoms in total. The van der Waals surface area contributed by atoms with Gasteiger partial charge >= 0.3 is 6.16 Å². The fourth-order valence-corrected chi connectivity index (χ4v) is 1.73. The summed E-state index contributed by atoms with van der Waals surface area (Å²) in [6.45, 7) is 1.51. The third kappa shape index (κ3) is 3.07. The molecule has 0 saturated carbocycles. The van der Waals surface area contributed by atoms with Crippen molar-refractivity contribution in [2.45, 2.75) is 13.0 Å². The first-order chi connectivity index (χ1) is 6.91. The normalized spacial score (nSPS) is 12.3. The van der Waals surface area contributed by atoms with Gasteiger partial charge in [-0.1, -0.05) is 11.6 Å². The highest BCUT2D eigenvalue weighted by atomic mass is 79.9. The number of halogens is 3. The monoisotopic (exact) mass is 296 g/mol. The Balaban J connectivity index is 3.03. The van der Waals surface area contributed by atoms with Gasteiger partial charge in [0.2, 0.25) is 0 Å². The molecule has 0 aliphatic rings. The smallest absolute Gasteiger partial charge is 0.450 e. The molecule has 1 aromatic rings. The van der Waals surface area contributed by atoms with Crippen molar-refractivity contribution in [2.24, 2.45) is 0 Å². The quantitative estimate of drug-likeness (QED) is 0.663. The Morgan fingerprint density at radius 3 is 2.80 bits per heavy atom. The lowest BCUT2D eigenvalue weighted by atomic mass is 10.1. The molecule has 0 fully saturated rings. The van der Waals surface area contributed by atoms with Crippen LogP contribution in [0.2, 0.25) is 5.02 Å². The van der Waals surface area contributed by atoms with Gasteiger partial charge in [0.15, 0.2) is 0 Å². The van der Waals surface area contributed by atoms with E-state index in [4.69, 9.17) is 16.7 Å². The minimum atomic E-state index is -1.40. The highest BCUT2D eigenvalue weighted by Crippen LogP contribution is 2.30. The van der Waals surface area contributed by atoms with E-state index in [1.807, 2.05) is 0 Å². The van der Waals surface area contributed by atoms with E-state index in [1.165, 1.54) is 13.0 Å². The minimum Gasteiger partial charge on any atom is -0.450 e. The summed E-state index contributed by atoms with van der Waals surface area (Å²) in [4.78, 5) is 10.3. The van der Waals surface area contributed by atoms with Crippen molar-refractivity contribution < 1.29 is 19.0 Å². The molecule has 1 rings (SSSR count). The van der Waals surface area contributed by atoms with Crippen LogP contribution in [0.4, 0.5) is 9.18 Å². The van der Waals surface area contributed by atoms with Crippen LogP contribution in [0.5, 0.6) is 0 Å². The fraction of sp³-hybridized carbons (Fsp3) is 0.222. The number of rotatable bonds is 2. The Morgan fingerprint density at radius 2 is 2.27 bits per heavy atom. The van der Waals surface area contributed by atoms with Crippen LogP contribution in [-0.4, -0.2) is 11.3 Å². The number of benzene rings is 1. The van der Waals surface area contributed by atoms with E-state index in [-0.39, 0.29) is 9.50 Å². The second-order valence-corrected chi connectivity index (χ2v) is 4.08. The standard InChI is InChI=1S/C9H7BrClFO3/c1-4(15-9(13)14)5-2-6(10)8(12)3-7(5)11/h2-4H,1H3,(H,13,14). The molecule has 15 heavy (non-hydrogen) atoms. The zero-order valence-corrected chi connectivity index (χ0v) is 9.97. The summed E-state index contributed by atoms with van der Waals surface area (Å²) in [5.41, 5.74) is 0.410. The molecule has 1 unspecified atom stereocenters. The van der Waals surface area contributed by atoms with E-state index in [2.05, 4.69) is 20.7 Å². The molecule has 0 aliphatic heterocycles. The van der Waals surface area contributed by atoms with E-state index in [0.717, 1.165) is 6.07 Å². The molecule has 82 valence electrons. The Labute approximate surface area is 98.9 Å². The van der Waals surface area contributed by atoms with Gasteiger partial charge in [-0.05, 0) is 35.0 Å². The van der Waals surface area contributed by atoms with Crippen molar-refractivity contribution in [3.05, 3.63) is 33.0 Å². The highest BCUT2D eigenvalue weighted by Gasteiger charge is 2.16. The van der Waals surface area contributed by atoms with Crippen molar-refractivity contribution in [2.75, 3.05) is 0 Å². The fourth-order valence-electron chi connectivity index (χ4n) is 1.06. The maximum atomic E-state index is 13.0. The molecule has 0 aliphatic carbocycles. The van der Waals surface area contributed by atoms with Crippen molar-refractivity contribution in [3.63, 3.8) is 0 Å². The average Bonchev–Trinajstić information content (AvgIpc) is 2.09. The Kier molecular flexibility index (Phi) is 3.93. The molecule has 0 radical (unpaired) electrons. The van der Waals surface area contributed by atoms with Crippen LogP contribution in [0.25, 0.3) is 0 Å². The second kappa shape index (κ2) is 4.81. The number of hydrogen-bond donors (Lipinski definition) is 1. The van der Waals surface area contributed by atoms with E-state index in [0.29, 0.717) is 5.56 Å². The van der Waals surface area contributed by atoms with Crippen LogP contribution < -0.4 is 0 Å². The maximum Gasteiger partial charge on any atom is 0.506 e. The van der Waals surface area contributed by atoms with Crippen LogP contribution in [-0.2, 0) is 4.74 Å². The SMILES string of the molecule is CC(OC(=O)O)c1cc(Br)c(F)cc1Cl. The number of ether oxygens (including phenoxy) is 1. The molecular weight excluding hydrogens is 290 g/mol. The van der Waals surface area contributed by atoms with Crippen molar-refractivity contribution in [3.8, 4) is 0 Å². The number of carboxylic acid groups (broad SMARTS) is 1. The molecule has 6 heteroatoms. The Hall–Kier alpha value is -0.810. The Morgan fingerprint density at radius 1 is 1.67 bits per heavy atom. The summed E-state index contributed by atoms with van der Waals surface area (Å²) in [5, 5.41) is 8.54. The third-order valence-electron chi connectivity index (χ3n) is 1.76. The van der Waals surface area contributed by atoms with Crippen LogP contribution >= 0.6 is 27.5 Å². The molecule has 1 atom stereocenters. The van der Waals surface area contributed by atoms with Gasteiger partial charge in [-0.3, -0.25) is 0 Å². The van der Waals surface area contributed by atoms with Crippen molar-refractivity contribution in [1.29, 1.82) is 0 Å². The molecule has 1 aromatic carbocycles. The molecule has 0 bridgehead atoms. The van der Waals surface area contributed by atoms with Gasteiger partial charge < -0.3 is 9.84 Å². The first kappa shape index (κ1) is 12.3. The first-order valence-electron chi connectivity index (χ1n) is 3.96. The molecule has 0 saturated heterocycles. The molecule has 0 spiro atoms. The average molecular weight is 298 g/mol. The van der Waals surface area contributed by atoms with Gasteiger partial charge in [0, 0.05) is 5.56 Å². The predicted octanol–water partition coefficient (Wildman–Crippen LogP) is 4.00. The highest BCUT2D eigenvalue weighted by molar-refractivity contribution is 9.10. The molecule has 0 amide bonds. The van der Waals surface area contributed by atoms with Crippen molar-refractivity contribution in [1.82, 2.24) is 0 Å². The summed E-state index contributed by atoms with van der Waals surface area (Å²) >= 11 is 8.72. The topological polar surface area (TPSA) is 46.5 Å². The van der Waals surface area contributed by atoms with Gasteiger partial charge in [0.05, 0.1) is 9.50 Å². The predicted molar refractivity (Wildman–Crippen MR) is 56.6 cm³/mol. The largest absolute Gasteiger partial charge is 0.506 e. The lowest BCUT2D eigenvalue weighted by Gasteiger charge is -2.13. The summed E-state index contributed by atoms with van der Waals surface area (Å²) in [6, 6.07) is 2.49. The molecule has 0 aromatic heterocycles. The number of hydrogen-bond acceptors (Lipinski definition) is 2. The summed E-state index contributed by atoms with van der Waals surface area (Å²) in [7, 11) is 0. The zero-order valence-electron chi connectivity index (χ0n) is 7.63. The zero-order chi connectivity index (χ0) is 11.6. The maximum absolute atomic E-state index is 13.0. The first-order valence-corrected chi connectivity index (χ1v) is 5.13. The second-order valence-electron chi connectivity index (χ2n) is 2.81. The van der Waals surface area contributed by atoms with Crippen LogP contribution in [0, 0.1) is 5.82 Å². The Bertz CT molecular complexity index is 397. The van der Waals surface area contributed by atoms with E-state index < -0.39 is 18.1 Å². The molecule has 0 heterocycles. The third-order valence-corrected chi connectivity index (χ3v) is 2.69. The van der Waals surface area contributed by atoms with Gasteiger partial charge in [-0.15, -0.1) is 0 Å². The lowest BCUT2D eigenvalue weighted by Crippen LogP contribution is -2.06. The van der Waals surface area contributed by atoms with E-state index in [9.17, 15) is 9.18 Å². The molecular formula is C9H7BrClFO3. The van der Waals surface area contributed by atoms with Gasteiger partial charge in [-0.2, -0.15) is 0 Å². The van der Waals surface area contributed by atoms with Crippen LogP contribution in [0.3, 0.4) is 0 Å². The van der Waals surface area contributed by atoms with Gasteiger partial charge in [0.1, 0.15) is 11.9 Å². The summed E-state index contributed by atoms with van der Waals surface area (Å²) in [6.07, 6.45) is -2.15.